The van der Waals surface area contributed by atoms with Crippen molar-refractivity contribution in [3.63, 3.8) is 0 Å². The molecule has 6 heteroatoms. The second-order valence-electron chi connectivity index (χ2n) is 5.02. The number of hydrogen-bond acceptors (Lipinski definition) is 4. The Morgan fingerprint density at radius 2 is 1.82 bits per heavy atom. The predicted molar refractivity (Wildman–Crippen MR) is 82.5 cm³/mol. The smallest absolute Gasteiger partial charge is 0.338 e. The molecule has 1 aromatic carbocycles. The topological polar surface area (TPSA) is 84.5 Å². The van der Waals surface area contributed by atoms with Crippen LogP contribution >= 0.6 is 0 Å². The summed E-state index contributed by atoms with van der Waals surface area (Å²) in [6, 6.07) is 5.44. The van der Waals surface area contributed by atoms with Crippen molar-refractivity contribution in [2.24, 2.45) is 0 Å². The third-order valence-electron chi connectivity index (χ3n) is 2.97. The van der Waals surface area contributed by atoms with Crippen molar-refractivity contribution < 1.29 is 19.1 Å². The SMILES string of the molecule is CCCNC(=O)CNC(=O)COC(=O)c1cc(C)ccc1C. The summed E-state index contributed by atoms with van der Waals surface area (Å²) in [6.07, 6.45) is 0.827. The highest BCUT2D eigenvalue weighted by atomic mass is 16.5. The third kappa shape index (κ3) is 5.95. The Balaban J connectivity index is 2.39. The van der Waals surface area contributed by atoms with Gasteiger partial charge in [-0.25, -0.2) is 4.79 Å². The maximum Gasteiger partial charge on any atom is 0.338 e. The van der Waals surface area contributed by atoms with Crippen molar-refractivity contribution in [3.8, 4) is 0 Å². The minimum absolute atomic E-state index is 0.125. The molecule has 0 heterocycles. The monoisotopic (exact) mass is 306 g/mol. The van der Waals surface area contributed by atoms with E-state index in [1.807, 2.05) is 26.0 Å². The van der Waals surface area contributed by atoms with E-state index >= 15 is 0 Å². The minimum Gasteiger partial charge on any atom is -0.452 e. The molecular formula is C16H22N2O4. The van der Waals surface area contributed by atoms with Crippen LogP contribution in [0.5, 0.6) is 0 Å². The van der Waals surface area contributed by atoms with Gasteiger partial charge in [-0.1, -0.05) is 24.6 Å². The zero-order valence-electron chi connectivity index (χ0n) is 13.2. The van der Waals surface area contributed by atoms with E-state index in [9.17, 15) is 14.4 Å². The van der Waals surface area contributed by atoms with Crippen molar-refractivity contribution in [1.82, 2.24) is 10.6 Å². The van der Waals surface area contributed by atoms with Gasteiger partial charge in [0.1, 0.15) is 0 Å². The number of ether oxygens (including phenoxy) is 1. The molecule has 0 unspecified atom stereocenters. The first-order chi connectivity index (χ1) is 10.4. The van der Waals surface area contributed by atoms with Crippen LogP contribution in [0.1, 0.15) is 34.8 Å². The molecule has 120 valence electrons. The summed E-state index contributed by atoms with van der Waals surface area (Å²) in [7, 11) is 0. The van der Waals surface area contributed by atoms with Crippen LogP contribution in [0, 0.1) is 13.8 Å². The third-order valence-corrected chi connectivity index (χ3v) is 2.97. The van der Waals surface area contributed by atoms with E-state index in [-0.39, 0.29) is 12.5 Å². The van der Waals surface area contributed by atoms with Gasteiger partial charge < -0.3 is 15.4 Å². The lowest BCUT2D eigenvalue weighted by molar-refractivity contribution is -0.127. The number of nitrogens with one attached hydrogen (secondary N) is 2. The van der Waals surface area contributed by atoms with Gasteiger partial charge >= 0.3 is 5.97 Å². The molecule has 6 nitrogen and oxygen atoms in total. The number of amides is 2. The Kier molecular flexibility index (Phi) is 7.08. The van der Waals surface area contributed by atoms with Crippen LogP contribution in [0.3, 0.4) is 0 Å². The van der Waals surface area contributed by atoms with Gasteiger partial charge in [-0.2, -0.15) is 0 Å². The lowest BCUT2D eigenvalue weighted by Crippen LogP contribution is -2.38. The Morgan fingerprint density at radius 3 is 2.50 bits per heavy atom. The zero-order chi connectivity index (χ0) is 16.5. The summed E-state index contributed by atoms with van der Waals surface area (Å²) in [4.78, 5) is 34.8. The summed E-state index contributed by atoms with van der Waals surface area (Å²) in [6.45, 7) is 5.64. The number of hydrogen-bond donors (Lipinski definition) is 2. The summed E-state index contributed by atoms with van der Waals surface area (Å²) in [5.41, 5.74) is 2.16. The maximum absolute atomic E-state index is 11.9. The molecule has 1 rings (SSSR count). The molecule has 22 heavy (non-hydrogen) atoms. The van der Waals surface area contributed by atoms with Gasteiger partial charge in [-0.05, 0) is 31.9 Å². The molecule has 0 aliphatic carbocycles. The maximum atomic E-state index is 11.9. The molecule has 2 N–H and O–H groups in total. The number of esters is 1. The van der Waals surface area contributed by atoms with E-state index in [0.717, 1.165) is 17.5 Å². The second kappa shape index (κ2) is 8.81. The fourth-order valence-electron chi connectivity index (χ4n) is 1.72. The van der Waals surface area contributed by atoms with Gasteiger partial charge in [0, 0.05) is 6.54 Å². The molecule has 0 aliphatic rings. The lowest BCUT2D eigenvalue weighted by atomic mass is 10.1. The van der Waals surface area contributed by atoms with Crippen molar-refractivity contribution in [2.75, 3.05) is 19.7 Å². The minimum atomic E-state index is -0.549. The standard InChI is InChI=1S/C16H22N2O4/c1-4-7-17-14(19)9-18-15(20)10-22-16(21)13-8-11(2)5-6-12(13)3/h5-6,8H,4,7,9-10H2,1-3H3,(H,17,19)(H,18,20). The van der Waals surface area contributed by atoms with E-state index in [4.69, 9.17) is 4.74 Å². The largest absolute Gasteiger partial charge is 0.452 e. The molecule has 2 amide bonds. The van der Waals surface area contributed by atoms with E-state index in [0.29, 0.717) is 12.1 Å². The van der Waals surface area contributed by atoms with E-state index in [1.165, 1.54) is 0 Å². The Labute approximate surface area is 130 Å². The normalized spacial score (nSPS) is 9.95. The molecule has 0 saturated heterocycles. The highest BCUT2D eigenvalue weighted by Gasteiger charge is 2.13. The number of benzene rings is 1. The van der Waals surface area contributed by atoms with Crippen molar-refractivity contribution in [3.05, 3.63) is 34.9 Å². The Morgan fingerprint density at radius 1 is 1.09 bits per heavy atom. The van der Waals surface area contributed by atoms with Crippen molar-refractivity contribution in [1.29, 1.82) is 0 Å². The van der Waals surface area contributed by atoms with Crippen LogP contribution in [-0.4, -0.2) is 37.5 Å². The van der Waals surface area contributed by atoms with E-state index in [2.05, 4.69) is 10.6 Å². The number of carbonyl (C=O) groups excluding carboxylic acids is 3. The molecule has 0 atom stereocenters. The van der Waals surface area contributed by atoms with Gasteiger partial charge in [0.05, 0.1) is 12.1 Å². The summed E-state index contributed by atoms with van der Waals surface area (Å²) in [5.74, 6) is -1.33. The van der Waals surface area contributed by atoms with Gasteiger partial charge in [-0.15, -0.1) is 0 Å². The predicted octanol–water partition coefficient (Wildman–Crippen LogP) is 1.10. The summed E-state index contributed by atoms with van der Waals surface area (Å²) in [5, 5.41) is 5.03. The molecule has 0 aromatic heterocycles. The van der Waals surface area contributed by atoms with Gasteiger partial charge in [0.25, 0.3) is 5.91 Å². The highest BCUT2D eigenvalue weighted by Crippen LogP contribution is 2.11. The lowest BCUT2D eigenvalue weighted by Gasteiger charge is -2.09. The molecule has 0 fully saturated rings. The molecule has 0 bridgehead atoms. The molecule has 1 aromatic rings. The van der Waals surface area contributed by atoms with Crippen molar-refractivity contribution >= 4 is 17.8 Å². The zero-order valence-corrected chi connectivity index (χ0v) is 13.2. The van der Waals surface area contributed by atoms with Crippen LogP contribution in [0.2, 0.25) is 0 Å². The van der Waals surface area contributed by atoms with Crippen LogP contribution in [0.4, 0.5) is 0 Å². The fourth-order valence-corrected chi connectivity index (χ4v) is 1.72. The number of aryl methyl sites for hydroxylation is 2. The van der Waals surface area contributed by atoms with E-state index in [1.54, 1.807) is 13.0 Å². The van der Waals surface area contributed by atoms with E-state index < -0.39 is 18.5 Å². The number of rotatable bonds is 7. The molecule has 0 radical (unpaired) electrons. The van der Waals surface area contributed by atoms with Gasteiger partial charge in [0.2, 0.25) is 5.91 Å². The average molecular weight is 306 g/mol. The Bertz CT molecular complexity index is 555. The fraction of sp³-hybridized carbons (Fsp3) is 0.438. The van der Waals surface area contributed by atoms with Gasteiger partial charge in [0.15, 0.2) is 6.61 Å². The molecule has 0 spiro atoms. The Hall–Kier alpha value is -2.37. The van der Waals surface area contributed by atoms with Crippen LogP contribution in [-0.2, 0) is 14.3 Å². The quantitative estimate of drug-likeness (QED) is 0.739. The number of carbonyl (C=O) groups is 3. The first-order valence-corrected chi connectivity index (χ1v) is 7.21. The van der Waals surface area contributed by atoms with Crippen LogP contribution in [0.15, 0.2) is 18.2 Å². The molecule has 0 aliphatic heterocycles. The van der Waals surface area contributed by atoms with Crippen LogP contribution in [0.25, 0.3) is 0 Å². The second-order valence-corrected chi connectivity index (χ2v) is 5.02. The molecular weight excluding hydrogens is 284 g/mol. The van der Waals surface area contributed by atoms with Crippen molar-refractivity contribution in [2.45, 2.75) is 27.2 Å². The molecule has 0 saturated carbocycles. The first kappa shape index (κ1) is 17.7. The highest BCUT2D eigenvalue weighted by molar-refractivity contribution is 5.93. The summed E-state index contributed by atoms with van der Waals surface area (Å²) >= 11 is 0. The van der Waals surface area contributed by atoms with Gasteiger partial charge in [-0.3, -0.25) is 9.59 Å². The first-order valence-electron chi connectivity index (χ1n) is 7.21. The summed E-state index contributed by atoms with van der Waals surface area (Å²) < 4.78 is 4.96. The average Bonchev–Trinajstić information content (AvgIpc) is 2.50. The van der Waals surface area contributed by atoms with Crippen LogP contribution < -0.4 is 10.6 Å².